The summed E-state index contributed by atoms with van der Waals surface area (Å²) in [6.07, 6.45) is 2.01. The van der Waals surface area contributed by atoms with E-state index in [1.54, 1.807) is 12.1 Å². The average Bonchev–Trinajstić information content (AvgIpc) is 2.41. The minimum atomic E-state index is -0.508. The summed E-state index contributed by atoms with van der Waals surface area (Å²) in [6.45, 7) is 4.92. The van der Waals surface area contributed by atoms with Crippen molar-refractivity contribution < 1.29 is 19.0 Å². The first-order chi connectivity index (χ1) is 9.00. The van der Waals surface area contributed by atoms with Crippen LogP contribution in [-0.4, -0.2) is 32.1 Å². The van der Waals surface area contributed by atoms with Gasteiger partial charge in [-0.2, -0.15) is 0 Å². The number of carbonyl (C=O) groups excluding carboxylic acids is 1. The maximum Gasteiger partial charge on any atom is 0.337 e. The molecule has 0 saturated carbocycles. The summed E-state index contributed by atoms with van der Waals surface area (Å²) >= 11 is 0. The molecule has 1 fully saturated rings. The molecule has 0 aromatic heterocycles. The van der Waals surface area contributed by atoms with Gasteiger partial charge in [0.05, 0.1) is 25.9 Å². The van der Waals surface area contributed by atoms with E-state index in [2.05, 4.69) is 4.74 Å². The zero-order chi connectivity index (χ0) is 13.9. The number of rotatable bonds is 2. The summed E-state index contributed by atoms with van der Waals surface area (Å²) in [4.78, 5) is 11.3. The summed E-state index contributed by atoms with van der Waals surface area (Å²) < 4.78 is 15.8. The lowest BCUT2D eigenvalue weighted by molar-refractivity contribution is -0.225. The van der Waals surface area contributed by atoms with Crippen LogP contribution in [-0.2, 0) is 14.2 Å². The van der Waals surface area contributed by atoms with Crippen molar-refractivity contribution in [2.75, 3.05) is 20.3 Å². The van der Waals surface area contributed by atoms with Gasteiger partial charge in [0.25, 0.3) is 0 Å². The van der Waals surface area contributed by atoms with Gasteiger partial charge >= 0.3 is 5.97 Å². The lowest BCUT2D eigenvalue weighted by atomic mass is 10.1. The zero-order valence-electron chi connectivity index (χ0n) is 11.4. The van der Waals surface area contributed by atoms with E-state index < -0.39 is 5.79 Å². The van der Waals surface area contributed by atoms with Crippen LogP contribution in [0.5, 0.6) is 0 Å². The van der Waals surface area contributed by atoms with Gasteiger partial charge in [-0.1, -0.05) is 18.2 Å². The molecule has 1 aromatic carbocycles. The fourth-order valence-corrected chi connectivity index (χ4v) is 1.77. The van der Waals surface area contributed by atoms with Gasteiger partial charge in [0.15, 0.2) is 5.79 Å². The highest BCUT2D eigenvalue weighted by atomic mass is 16.7. The van der Waals surface area contributed by atoms with E-state index in [0.717, 1.165) is 11.1 Å². The first kappa shape index (κ1) is 13.8. The minimum Gasteiger partial charge on any atom is -0.465 e. The quantitative estimate of drug-likeness (QED) is 0.769. The smallest absolute Gasteiger partial charge is 0.337 e. The molecule has 0 N–H and O–H groups in total. The Hall–Kier alpha value is -1.65. The molecule has 4 heteroatoms. The summed E-state index contributed by atoms with van der Waals surface area (Å²) in [5, 5.41) is 0. The Morgan fingerprint density at radius 2 is 1.79 bits per heavy atom. The molecule has 0 bridgehead atoms. The number of benzene rings is 1. The molecule has 1 aliphatic rings. The Morgan fingerprint density at radius 1 is 1.21 bits per heavy atom. The highest BCUT2D eigenvalue weighted by molar-refractivity contribution is 5.89. The van der Waals surface area contributed by atoms with E-state index in [1.807, 2.05) is 32.1 Å². The summed E-state index contributed by atoms with van der Waals surface area (Å²) in [5.41, 5.74) is 2.63. The van der Waals surface area contributed by atoms with Crippen LogP contribution < -0.4 is 0 Å². The molecule has 0 aliphatic carbocycles. The molecule has 0 unspecified atom stereocenters. The van der Waals surface area contributed by atoms with Crippen molar-refractivity contribution in [3.8, 4) is 0 Å². The Morgan fingerprint density at radius 3 is 2.32 bits per heavy atom. The van der Waals surface area contributed by atoms with Gasteiger partial charge in [0, 0.05) is 0 Å². The third kappa shape index (κ3) is 3.66. The fraction of sp³-hybridized carbons (Fsp3) is 0.400. The number of esters is 1. The highest BCUT2D eigenvalue weighted by Gasteiger charge is 2.24. The Balaban J connectivity index is 2.05. The standard InChI is InChI=1S/C15H18O4/c1-15(2)18-9-12(10-19-15)8-11-4-6-13(7-5-11)14(16)17-3/h4-8H,9-10H2,1-3H3. The summed E-state index contributed by atoms with van der Waals surface area (Å²) in [5.74, 6) is -0.836. The van der Waals surface area contributed by atoms with Crippen molar-refractivity contribution in [3.63, 3.8) is 0 Å². The van der Waals surface area contributed by atoms with E-state index in [-0.39, 0.29) is 5.97 Å². The maximum absolute atomic E-state index is 11.3. The van der Waals surface area contributed by atoms with Crippen molar-refractivity contribution in [1.82, 2.24) is 0 Å². The second-order valence-corrected chi connectivity index (χ2v) is 4.89. The zero-order valence-corrected chi connectivity index (χ0v) is 11.4. The molecule has 0 amide bonds. The van der Waals surface area contributed by atoms with Crippen molar-refractivity contribution in [1.29, 1.82) is 0 Å². The van der Waals surface area contributed by atoms with Gasteiger partial charge in [-0.25, -0.2) is 4.79 Å². The van der Waals surface area contributed by atoms with Gasteiger partial charge in [-0.3, -0.25) is 0 Å². The van der Waals surface area contributed by atoms with Gasteiger partial charge in [0.2, 0.25) is 0 Å². The SMILES string of the molecule is COC(=O)c1ccc(C=C2COC(C)(C)OC2)cc1. The van der Waals surface area contributed by atoms with Crippen LogP contribution in [0.25, 0.3) is 6.08 Å². The van der Waals surface area contributed by atoms with Gasteiger partial charge < -0.3 is 14.2 Å². The van der Waals surface area contributed by atoms with Crippen LogP contribution in [0.3, 0.4) is 0 Å². The van der Waals surface area contributed by atoms with E-state index in [4.69, 9.17) is 9.47 Å². The average molecular weight is 262 g/mol. The van der Waals surface area contributed by atoms with Crippen LogP contribution in [0.4, 0.5) is 0 Å². The van der Waals surface area contributed by atoms with Crippen LogP contribution in [0.15, 0.2) is 29.8 Å². The topological polar surface area (TPSA) is 44.8 Å². The van der Waals surface area contributed by atoms with Gasteiger partial charge in [0.1, 0.15) is 0 Å². The van der Waals surface area contributed by atoms with Crippen LogP contribution in [0.1, 0.15) is 29.8 Å². The van der Waals surface area contributed by atoms with Crippen LogP contribution >= 0.6 is 0 Å². The first-order valence-electron chi connectivity index (χ1n) is 6.16. The number of methoxy groups -OCH3 is 1. The van der Waals surface area contributed by atoms with E-state index in [0.29, 0.717) is 18.8 Å². The predicted octanol–water partition coefficient (Wildman–Crippen LogP) is 2.64. The van der Waals surface area contributed by atoms with E-state index >= 15 is 0 Å². The molecular formula is C15H18O4. The summed E-state index contributed by atoms with van der Waals surface area (Å²) in [6, 6.07) is 7.23. The lowest BCUT2D eigenvalue weighted by Crippen LogP contribution is -2.35. The molecule has 2 rings (SSSR count). The molecular weight excluding hydrogens is 244 g/mol. The molecule has 1 aromatic rings. The Labute approximate surface area is 113 Å². The minimum absolute atomic E-state index is 0.328. The molecule has 0 radical (unpaired) electrons. The maximum atomic E-state index is 11.3. The third-order valence-corrected chi connectivity index (χ3v) is 2.91. The molecule has 19 heavy (non-hydrogen) atoms. The Bertz CT molecular complexity index is 473. The van der Waals surface area contributed by atoms with Gasteiger partial charge in [-0.05, 0) is 37.1 Å². The van der Waals surface area contributed by atoms with Crippen molar-refractivity contribution in [2.24, 2.45) is 0 Å². The highest BCUT2D eigenvalue weighted by Crippen LogP contribution is 2.21. The molecule has 1 aliphatic heterocycles. The van der Waals surface area contributed by atoms with Crippen molar-refractivity contribution in [3.05, 3.63) is 41.0 Å². The fourth-order valence-electron chi connectivity index (χ4n) is 1.77. The van der Waals surface area contributed by atoms with E-state index in [9.17, 15) is 4.79 Å². The second kappa shape index (κ2) is 5.55. The van der Waals surface area contributed by atoms with Gasteiger partial charge in [-0.15, -0.1) is 0 Å². The Kier molecular flexibility index (Phi) is 4.02. The number of ether oxygens (including phenoxy) is 3. The number of carbonyl (C=O) groups is 1. The molecule has 0 atom stereocenters. The van der Waals surface area contributed by atoms with Crippen LogP contribution in [0, 0.1) is 0 Å². The molecule has 1 saturated heterocycles. The molecule has 0 spiro atoms. The summed E-state index contributed by atoms with van der Waals surface area (Å²) in [7, 11) is 1.37. The predicted molar refractivity (Wildman–Crippen MR) is 71.7 cm³/mol. The van der Waals surface area contributed by atoms with E-state index in [1.165, 1.54) is 7.11 Å². The second-order valence-electron chi connectivity index (χ2n) is 4.89. The van der Waals surface area contributed by atoms with Crippen molar-refractivity contribution in [2.45, 2.75) is 19.6 Å². The lowest BCUT2D eigenvalue weighted by Gasteiger charge is -2.31. The number of hydrogen-bond donors (Lipinski definition) is 0. The largest absolute Gasteiger partial charge is 0.465 e. The molecule has 1 heterocycles. The number of hydrogen-bond acceptors (Lipinski definition) is 4. The van der Waals surface area contributed by atoms with Crippen molar-refractivity contribution >= 4 is 12.0 Å². The normalized spacial score (nSPS) is 17.9. The first-order valence-corrected chi connectivity index (χ1v) is 6.16. The molecule has 4 nitrogen and oxygen atoms in total. The third-order valence-electron chi connectivity index (χ3n) is 2.91. The monoisotopic (exact) mass is 262 g/mol. The van der Waals surface area contributed by atoms with Crippen LogP contribution in [0.2, 0.25) is 0 Å². The molecule has 102 valence electrons.